The molecule has 1 aliphatic heterocycles. The van der Waals surface area contributed by atoms with E-state index < -0.39 is 0 Å². The normalized spacial score (nSPS) is 14.1. The SMILES string of the molecule is Cc1ccc(OCCN2CCOCC2)cc1Nc1ncc(-c2cncc(-c3c(C)cc[nH]c3=O)c2)o1. The van der Waals surface area contributed by atoms with Crippen LogP contribution in [0.15, 0.2) is 64.3 Å². The van der Waals surface area contributed by atoms with Gasteiger partial charge < -0.3 is 24.2 Å². The van der Waals surface area contributed by atoms with Gasteiger partial charge in [0.05, 0.1) is 25.0 Å². The first-order chi connectivity index (χ1) is 17.6. The summed E-state index contributed by atoms with van der Waals surface area (Å²) in [6.45, 7) is 8.83. The fraction of sp³-hybridized carbons (Fsp3) is 0.296. The van der Waals surface area contributed by atoms with Crippen LogP contribution in [0, 0.1) is 13.8 Å². The summed E-state index contributed by atoms with van der Waals surface area (Å²) < 4.78 is 17.3. The van der Waals surface area contributed by atoms with Gasteiger partial charge in [-0.05, 0) is 43.2 Å². The molecule has 1 fully saturated rings. The summed E-state index contributed by atoms with van der Waals surface area (Å²) in [4.78, 5) is 26.1. The number of aromatic nitrogens is 3. The number of hydrogen-bond donors (Lipinski definition) is 2. The van der Waals surface area contributed by atoms with Gasteiger partial charge in [0, 0.05) is 61.1 Å². The molecule has 9 nitrogen and oxygen atoms in total. The van der Waals surface area contributed by atoms with Crippen molar-refractivity contribution in [2.45, 2.75) is 13.8 Å². The number of aromatic amines is 1. The van der Waals surface area contributed by atoms with Gasteiger partial charge in [0.15, 0.2) is 5.76 Å². The number of pyridine rings is 2. The molecule has 186 valence electrons. The number of nitrogens with zero attached hydrogens (tertiary/aromatic N) is 3. The second-order valence-electron chi connectivity index (χ2n) is 8.76. The minimum absolute atomic E-state index is 0.156. The third kappa shape index (κ3) is 5.48. The number of hydrogen-bond acceptors (Lipinski definition) is 8. The van der Waals surface area contributed by atoms with Crippen molar-refractivity contribution in [1.29, 1.82) is 0 Å². The van der Waals surface area contributed by atoms with E-state index in [1.54, 1.807) is 24.8 Å². The number of rotatable bonds is 8. The van der Waals surface area contributed by atoms with Crippen LogP contribution >= 0.6 is 0 Å². The van der Waals surface area contributed by atoms with Crippen molar-refractivity contribution in [3.8, 4) is 28.2 Å². The molecule has 5 rings (SSSR count). The predicted octanol–water partition coefficient (Wildman–Crippen LogP) is 4.16. The van der Waals surface area contributed by atoms with Crippen molar-refractivity contribution in [2.24, 2.45) is 0 Å². The van der Waals surface area contributed by atoms with Crippen molar-refractivity contribution in [3.05, 3.63) is 76.6 Å². The van der Waals surface area contributed by atoms with E-state index in [1.807, 2.05) is 44.2 Å². The third-order valence-corrected chi connectivity index (χ3v) is 6.22. The first-order valence-electron chi connectivity index (χ1n) is 12.0. The van der Waals surface area contributed by atoms with Gasteiger partial charge >= 0.3 is 0 Å². The Bertz CT molecular complexity index is 1390. The lowest BCUT2D eigenvalue weighted by Crippen LogP contribution is -2.38. The zero-order valence-corrected chi connectivity index (χ0v) is 20.4. The molecule has 1 aliphatic rings. The Labute approximate surface area is 209 Å². The Morgan fingerprint density at radius 2 is 1.89 bits per heavy atom. The summed E-state index contributed by atoms with van der Waals surface area (Å²) in [7, 11) is 0. The van der Waals surface area contributed by atoms with Crippen LogP contribution < -0.4 is 15.6 Å². The van der Waals surface area contributed by atoms with E-state index in [9.17, 15) is 4.79 Å². The zero-order valence-electron chi connectivity index (χ0n) is 20.4. The van der Waals surface area contributed by atoms with Gasteiger partial charge in [-0.25, -0.2) is 4.98 Å². The maximum Gasteiger partial charge on any atom is 0.299 e. The first kappa shape index (κ1) is 23.8. The van der Waals surface area contributed by atoms with Crippen LogP contribution in [0.5, 0.6) is 5.75 Å². The molecule has 2 N–H and O–H groups in total. The Balaban J connectivity index is 1.28. The second-order valence-corrected chi connectivity index (χ2v) is 8.76. The molecule has 9 heteroatoms. The monoisotopic (exact) mass is 487 g/mol. The largest absolute Gasteiger partial charge is 0.492 e. The third-order valence-electron chi connectivity index (χ3n) is 6.22. The van der Waals surface area contributed by atoms with Crippen LogP contribution in [-0.4, -0.2) is 59.3 Å². The van der Waals surface area contributed by atoms with Crippen LogP contribution in [-0.2, 0) is 4.74 Å². The van der Waals surface area contributed by atoms with Crippen molar-refractivity contribution in [2.75, 3.05) is 44.8 Å². The molecule has 0 atom stereocenters. The molecule has 0 aliphatic carbocycles. The minimum atomic E-state index is -0.156. The molecule has 0 radical (unpaired) electrons. The number of ether oxygens (including phenoxy) is 2. The van der Waals surface area contributed by atoms with E-state index in [1.165, 1.54) is 0 Å². The molecule has 4 heterocycles. The standard InChI is InChI=1S/C27H29N5O4/c1-18-3-4-22(35-12-9-32-7-10-34-11-8-32)14-23(18)31-27-30-17-24(36-27)20-13-21(16-28-15-20)25-19(2)5-6-29-26(25)33/h3-6,13-17H,7-12H2,1-2H3,(H,29,33)(H,30,31). The van der Waals surface area contributed by atoms with Gasteiger partial charge in [0.1, 0.15) is 12.4 Å². The maximum atomic E-state index is 12.4. The minimum Gasteiger partial charge on any atom is -0.492 e. The van der Waals surface area contributed by atoms with Gasteiger partial charge in [-0.15, -0.1) is 0 Å². The number of anilines is 2. The van der Waals surface area contributed by atoms with E-state index in [2.05, 4.69) is 25.2 Å². The quantitative estimate of drug-likeness (QED) is 0.382. The second kappa shape index (κ2) is 10.8. The predicted molar refractivity (Wildman–Crippen MR) is 138 cm³/mol. The Morgan fingerprint density at radius 3 is 2.72 bits per heavy atom. The van der Waals surface area contributed by atoms with E-state index in [-0.39, 0.29) is 5.56 Å². The lowest BCUT2D eigenvalue weighted by molar-refractivity contribution is 0.0322. The van der Waals surface area contributed by atoms with Crippen LogP contribution in [0.2, 0.25) is 0 Å². The summed E-state index contributed by atoms with van der Waals surface area (Å²) in [6, 6.07) is 10.0. The number of aryl methyl sites for hydroxylation is 2. The van der Waals surface area contributed by atoms with Crippen LogP contribution in [0.25, 0.3) is 22.5 Å². The van der Waals surface area contributed by atoms with E-state index in [0.717, 1.165) is 66.5 Å². The lowest BCUT2D eigenvalue weighted by Gasteiger charge is -2.26. The smallest absolute Gasteiger partial charge is 0.299 e. The Morgan fingerprint density at radius 1 is 1.06 bits per heavy atom. The summed E-state index contributed by atoms with van der Waals surface area (Å²) in [5.41, 5.74) is 4.65. The summed E-state index contributed by atoms with van der Waals surface area (Å²) in [5, 5.41) is 3.25. The zero-order chi connectivity index (χ0) is 24.9. The van der Waals surface area contributed by atoms with Gasteiger partial charge in [0.2, 0.25) is 0 Å². The van der Waals surface area contributed by atoms with E-state index in [4.69, 9.17) is 13.9 Å². The molecule has 1 aromatic carbocycles. The Kier molecular flexibility index (Phi) is 7.11. The lowest BCUT2D eigenvalue weighted by atomic mass is 10.0. The topological polar surface area (TPSA) is 106 Å². The molecule has 1 saturated heterocycles. The summed E-state index contributed by atoms with van der Waals surface area (Å²) >= 11 is 0. The van der Waals surface area contributed by atoms with Crippen molar-refractivity contribution < 1.29 is 13.9 Å². The molecule has 0 amide bonds. The number of morpholine rings is 1. The Hall–Kier alpha value is -3.95. The van der Waals surface area contributed by atoms with E-state index in [0.29, 0.717) is 23.9 Å². The van der Waals surface area contributed by atoms with Crippen molar-refractivity contribution in [1.82, 2.24) is 19.9 Å². The average Bonchev–Trinajstić information content (AvgIpc) is 3.35. The summed E-state index contributed by atoms with van der Waals surface area (Å²) in [6.07, 6.45) is 6.64. The van der Waals surface area contributed by atoms with Crippen molar-refractivity contribution >= 4 is 11.7 Å². The molecular formula is C27H29N5O4. The molecular weight excluding hydrogens is 458 g/mol. The van der Waals surface area contributed by atoms with Gasteiger partial charge in [-0.1, -0.05) is 6.07 Å². The highest BCUT2D eigenvalue weighted by atomic mass is 16.5. The highest BCUT2D eigenvalue weighted by molar-refractivity contribution is 5.71. The molecule has 0 spiro atoms. The highest BCUT2D eigenvalue weighted by Gasteiger charge is 2.13. The number of H-pyrrole nitrogens is 1. The number of benzene rings is 1. The fourth-order valence-electron chi connectivity index (χ4n) is 4.17. The van der Waals surface area contributed by atoms with E-state index >= 15 is 0 Å². The molecule has 36 heavy (non-hydrogen) atoms. The molecule has 0 bridgehead atoms. The number of nitrogens with one attached hydrogen (secondary N) is 2. The van der Waals surface area contributed by atoms with Gasteiger partial charge in [0.25, 0.3) is 11.6 Å². The maximum absolute atomic E-state index is 12.4. The van der Waals surface area contributed by atoms with Gasteiger partial charge in [-0.3, -0.25) is 14.7 Å². The first-order valence-corrected chi connectivity index (χ1v) is 12.0. The highest BCUT2D eigenvalue weighted by Crippen LogP contribution is 2.29. The fourth-order valence-corrected chi connectivity index (χ4v) is 4.17. The number of oxazole rings is 1. The summed E-state index contributed by atoms with van der Waals surface area (Å²) in [5.74, 6) is 1.33. The van der Waals surface area contributed by atoms with Crippen LogP contribution in [0.4, 0.5) is 11.7 Å². The molecule has 0 saturated carbocycles. The van der Waals surface area contributed by atoms with Crippen LogP contribution in [0.1, 0.15) is 11.1 Å². The van der Waals surface area contributed by atoms with Gasteiger partial charge in [-0.2, -0.15) is 0 Å². The molecule has 0 unspecified atom stereocenters. The molecule has 3 aromatic heterocycles. The van der Waals surface area contributed by atoms with Crippen LogP contribution in [0.3, 0.4) is 0 Å². The molecule has 4 aromatic rings. The average molecular weight is 488 g/mol. The van der Waals surface area contributed by atoms with Crippen molar-refractivity contribution in [3.63, 3.8) is 0 Å².